The van der Waals surface area contributed by atoms with Crippen molar-refractivity contribution in [3.63, 3.8) is 0 Å². The van der Waals surface area contributed by atoms with Crippen molar-refractivity contribution in [1.82, 2.24) is 14.9 Å². The molecule has 1 aliphatic carbocycles. The van der Waals surface area contributed by atoms with Crippen LogP contribution in [0.5, 0.6) is 0 Å². The Bertz CT molecular complexity index is 891. The second-order valence-electron chi connectivity index (χ2n) is 7.12. The van der Waals surface area contributed by atoms with Crippen LogP contribution in [0.3, 0.4) is 0 Å². The number of amides is 1. The molecule has 0 radical (unpaired) electrons. The molecule has 3 aromatic rings. The molecule has 5 heteroatoms. The molecule has 1 aromatic heterocycles. The molecule has 0 bridgehead atoms. The average molecular weight is 363 g/mol. The first-order valence-corrected chi connectivity index (χ1v) is 9.64. The van der Waals surface area contributed by atoms with E-state index in [1.54, 1.807) is 6.33 Å². The Labute approximate surface area is 159 Å². The van der Waals surface area contributed by atoms with Gasteiger partial charge in [-0.05, 0) is 37.0 Å². The summed E-state index contributed by atoms with van der Waals surface area (Å²) in [5.74, 6) is 0.0768. The van der Waals surface area contributed by atoms with E-state index in [0.717, 1.165) is 30.3 Å². The summed E-state index contributed by atoms with van der Waals surface area (Å²) < 4.78 is 8.12. The number of rotatable bonds is 7. The molecule has 1 fully saturated rings. The maximum Gasteiger partial charge on any atom is 0.222 e. The molecule has 5 nitrogen and oxygen atoms in total. The molecule has 1 aliphatic rings. The highest BCUT2D eigenvalue weighted by atomic mass is 16.5. The normalized spacial score (nSPS) is 19.4. The third kappa shape index (κ3) is 4.37. The summed E-state index contributed by atoms with van der Waals surface area (Å²) in [7, 11) is 0. The Morgan fingerprint density at radius 2 is 1.93 bits per heavy atom. The zero-order chi connectivity index (χ0) is 18.5. The average Bonchev–Trinajstić information content (AvgIpc) is 3.32. The largest absolute Gasteiger partial charge is 0.371 e. The van der Waals surface area contributed by atoms with E-state index >= 15 is 0 Å². The molecular weight excluding hydrogens is 338 g/mol. The van der Waals surface area contributed by atoms with Crippen molar-refractivity contribution in [3.05, 3.63) is 66.5 Å². The quantitative estimate of drug-likeness (QED) is 0.697. The second-order valence-corrected chi connectivity index (χ2v) is 7.12. The number of fused-ring (bicyclic) bond motifs is 1. The van der Waals surface area contributed by atoms with Crippen LogP contribution in [-0.4, -0.2) is 27.6 Å². The van der Waals surface area contributed by atoms with E-state index in [2.05, 4.69) is 22.4 Å². The minimum absolute atomic E-state index is 0.0768. The van der Waals surface area contributed by atoms with Crippen LogP contribution in [0, 0.1) is 0 Å². The number of benzene rings is 2. The Morgan fingerprint density at radius 3 is 2.81 bits per heavy atom. The number of imidazole rings is 1. The van der Waals surface area contributed by atoms with Gasteiger partial charge in [-0.2, -0.15) is 0 Å². The van der Waals surface area contributed by atoms with Crippen LogP contribution in [0.25, 0.3) is 11.0 Å². The minimum Gasteiger partial charge on any atom is -0.371 e. The number of carbonyl (C=O) groups excluding carboxylic acids is 1. The van der Waals surface area contributed by atoms with Crippen LogP contribution >= 0.6 is 0 Å². The van der Waals surface area contributed by atoms with Crippen molar-refractivity contribution in [2.75, 3.05) is 0 Å². The van der Waals surface area contributed by atoms with Crippen molar-refractivity contribution in [2.24, 2.45) is 0 Å². The van der Waals surface area contributed by atoms with Gasteiger partial charge in [0.2, 0.25) is 5.91 Å². The SMILES string of the molecule is O=C(CCn1cnc2ccccc21)N[C@@H]1CCC[C@H]1OCc1ccccc1. The van der Waals surface area contributed by atoms with Crippen molar-refractivity contribution in [3.8, 4) is 0 Å². The van der Waals surface area contributed by atoms with Crippen LogP contribution < -0.4 is 5.32 Å². The summed E-state index contributed by atoms with van der Waals surface area (Å²) in [6.07, 6.45) is 5.43. The van der Waals surface area contributed by atoms with Gasteiger partial charge >= 0.3 is 0 Å². The first-order chi connectivity index (χ1) is 13.3. The zero-order valence-corrected chi connectivity index (χ0v) is 15.4. The molecule has 1 N–H and O–H groups in total. The van der Waals surface area contributed by atoms with E-state index in [9.17, 15) is 4.79 Å². The van der Waals surface area contributed by atoms with E-state index in [1.807, 2.05) is 47.0 Å². The number of nitrogens with zero attached hydrogens (tertiary/aromatic N) is 2. The number of aromatic nitrogens is 2. The van der Waals surface area contributed by atoms with Crippen LogP contribution in [0.4, 0.5) is 0 Å². The zero-order valence-electron chi connectivity index (χ0n) is 15.4. The van der Waals surface area contributed by atoms with Crippen LogP contribution in [0.2, 0.25) is 0 Å². The lowest BCUT2D eigenvalue weighted by Crippen LogP contribution is -2.41. The topological polar surface area (TPSA) is 56.2 Å². The van der Waals surface area contributed by atoms with Crippen molar-refractivity contribution in [2.45, 2.75) is 51.0 Å². The highest BCUT2D eigenvalue weighted by molar-refractivity contribution is 5.77. The lowest BCUT2D eigenvalue weighted by molar-refractivity contribution is -0.123. The lowest BCUT2D eigenvalue weighted by atomic mass is 10.2. The fourth-order valence-corrected chi connectivity index (χ4v) is 3.76. The third-order valence-electron chi connectivity index (χ3n) is 5.21. The Kier molecular flexibility index (Phi) is 5.49. The first kappa shape index (κ1) is 17.7. The molecule has 4 rings (SSSR count). The van der Waals surface area contributed by atoms with Crippen molar-refractivity contribution < 1.29 is 9.53 Å². The molecule has 0 aliphatic heterocycles. The van der Waals surface area contributed by atoms with Gasteiger partial charge in [-0.15, -0.1) is 0 Å². The fourth-order valence-electron chi connectivity index (χ4n) is 3.76. The van der Waals surface area contributed by atoms with Crippen LogP contribution in [0.1, 0.15) is 31.2 Å². The van der Waals surface area contributed by atoms with E-state index < -0.39 is 0 Å². The predicted octanol–water partition coefficient (Wildman–Crippen LogP) is 3.68. The van der Waals surface area contributed by atoms with Crippen LogP contribution in [0.15, 0.2) is 60.9 Å². The molecule has 0 spiro atoms. The van der Waals surface area contributed by atoms with Gasteiger partial charge in [0.25, 0.3) is 0 Å². The molecule has 0 unspecified atom stereocenters. The highest BCUT2D eigenvalue weighted by Gasteiger charge is 2.29. The van der Waals surface area contributed by atoms with Gasteiger partial charge in [0, 0.05) is 13.0 Å². The summed E-state index contributed by atoms with van der Waals surface area (Å²) in [5.41, 5.74) is 3.19. The Balaban J connectivity index is 1.28. The molecule has 0 saturated heterocycles. The summed E-state index contributed by atoms with van der Waals surface area (Å²) >= 11 is 0. The van der Waals surface area contributed by atoms with Crippen molar-refractivity contribution >= 4 is 16.9 Å². The van der Waals surface area contributed by atoms with Gasteiger partial charge in [-0.1, -0.05) is 42.5 Å². The number of carbonyl (C=O) groups is 1. The number of hydrogen-bond acceptors (Lipinski definition) is 3. The van der Waals surface area contributed by atoms with Gasteiger partial charge in [-0.3, -0.25) is 4.79 Å². The number of para-hydroxylation sites is 2. The van der Waals surface area contributed by atoms with E-state index in [0.29, 0.717) is 19.6 Å². The number of hydrogen-bond donors (Lipinski definition) is 1. The fraction of sp³-hybridized carbons (Fsp3) is 0.364. The Morgan fingerprint density at radius 1 is 1.11 bits per heavy atom. The van der Waals surface area contributed by atoms with Crippen molar-refractivity contribution in [1.29, 1.82) is 0 Å². The molecule has 2 aromatic carbocycles. The van der Waals surface area contributed by atoms with E-state index in [-0.39, 0.29) is 18.1 Å². The predicted molar refractivity (Wildman–Crippen MR) is 105 cm³/mol. The van der Waals surface area contributed by atoms with E-state index in [1.165, 1.54) is 5.56 Å². The maximum absolute atomic E-state index is 12.4. The Hall–Kier alpha value is -2.66. The summed E-state index contributed by atoms with van der Waals surface area (Å²) in [4.78, 5) is 16.8. The summed E-state index contributed by atoms with van der Waals surface area (Å²) in [6, 6.07) is 18.3. The monoisotopic (exact) mass is 363 g/mol. The molecule has 1 heterocycles. The molecule has 27 heavy (non-hydrogen) atoms. The standard InChI is InChI=1S/C22H25N3O2/c26-22(13-14-25-16-23-18-9-4-5-11-20(18)25)24-19-10-6-12-21(19)27-15-17-7-2-1-3-8-17/h1-5,7-9,11,16,19,21H,6,10,12-15H2,(H,24,26)/t19-,21-/m1/s1. The lowest BCUT2D eigenvalue weighted by Gasteiger charge is -2.21. The minimum atomic E-state index is 0.0768. The molecule has 1 saturated carbocycles. The third-order valence-corrected chi connectivity index (χ3v) is 5.21. The number of aryl methyl sites for hydroxylation is 1. The second kappa shape index (κ2) is 8.35. The smallest absolute Gasteiger partial charge is 0.222 e. The summed E-state index contributed by atoms with van der Waals surface area (Å²) in [6.45, 7) is 1.23. The van der Waals surface area contributed by atoms with Gasteiger partial charge < -0.3 is 14.6 Å². The van der Waals surface area contributed by atoms with Gasteiger partial charge in [-0.25, -0.2) is 4.98 Å². The first-order valence-electron chi connectivity index (χ1n) is 9.64. The maximum atomic E-state index is 12.4. The van der Waals surface area contributed by atoms with Gasteiger partial charge in [0.1, 0.15) is 0 Å². The number of nitrogens with one attached hydrogen (secondary N) is 1. The number of ether oxygens (including phenoxy) is 1. The van der Waals surface area contributed by atoms with Gasteiger partial charge in [0.15, 0.2) is 0 Å². The van der Waals surface area contributed by atoms with E-state index in [4.69, 9.17) is 4.74 Å². The summed E-state index contributed by atoms with van der Waals surface area (Å²) in [5, 5.41) is 3.18. The van der Waals surface area contributed by atoms with Gasteiger partial charge in [0.05, 0.1) is 36.1 Å². The van der Waals surface area contributed by atoms with Crippen LogP contribution in [-0.2, 0) is 22.7 Å². The molecular formula is C22H25N3O2. The highest BCUT2D eigenvalue weighted by Crippen LogP contribution is 2.23. The molecule has 1 amide bonds. The molecule has 2 atom stereocenters. The molecule has 140 valence electrons.